The van der Waals surface area contributed by atoms with E-state index in [2.05, 4.69) is 5.32 Å². The van der Waals surface area contributed by atoms with Crippen molar-refractivity contribution in [2.75, 3.05) is 13.2 Å². The highest BCUT2D eigenvalue weighted by Gasteiger charge is 2.18. The van der Waals surface area contributed by atoms with Crippen molar-refractivity contribution in [1.82, 2.24) is 5.32 Å². The third-order valence-electron chi connectivity index (χ3n) is 2.97. The summed E-state index contributed by atoms with van der Waals surface area (Å²) in [4.78, 5) is 11.7. The van der Waals surface area contributed by atoms with Crippen LogP contribution in [0, 0.1) is 5.92 Å². The molecule has 0 aromatic heterocycles. The van der Waals surface area contributed by atoms with Crippen molar-refractivity contribution in [3.8, 4) is 5.75 Å². The van der Waals surface area contributed by atoms with E-state index in [9.17, 15) is 4.79 Å². The molecule has 3 N–H and O–H groups in total. The lowest BCUT2D eigenvalue weighted by atomic mass is 9.99. The van der Waals surface area contributed by atoms with E-state index in [4.69, 9.17) is 10.5 Å². The quantitative estimate of drug-likeness (QED) is 0.722. The van der Waals surface area contributed by atoms with E-state index in [0.717, 1.165) is 12.2 Å². The molecule has 0 radical (unpaired) electrons. The first kappa shape index (κ1) is 14.5. The van der Waals surface area contributed by atoms with Gasteiger partial charge in [0.2, 0.25) is 5.91 Å². The van der Waals surface area contributed by atoms with Crippen molar-refractivity contribution in [2.24, 2.45) is 11.7 Å². The minimum atomic E-state index is -0.438. The number of nitrogens with one attached hydrogen (secondary N) is 1. The van der Waals surface area contributed by atoms with Crippen LogP contribution in [0.3, 0.4) is 0 Å². The summed E-state index contributed by atoms with van der Waals surface area (Å²) in [6.45, 7) is 4.92. The number of amides is 1. The summed E-state index contributed by atoms with van der Waals surface area (Å²) in [5.41, 5.74) is 5.81. The Morgan fingerprint density at radius 1 is 1.39 bits per heavy atom. The molecular formula is C14H22N2O2. The summed E-state index contributed by atoms with van der Waals surface area (Å²) in [5.74, 6) is 0.888. The van der Waals surface area contributed by atoms with Crippen LogP contribution in [0.15, 0.2) is 30.3 Å². The van der Waals surface area contributed by atoms with Gasteiger partial charge in [-0.25, -0.2) is 0 Å². The number of ether oxygens (including phenoxy) is 1. The van der Waals surface area contributed by atoms with Crippen LogP contribution in [0.1, 0.15) is 20.3 Å². The highest BCUT2D eigenvalue weighted by molar-refractivity contribution is 5.81. The zero-order valence-corrected chi connectivity index (χ0v) is 11.1. The average molecular weight is 250 g/mol. The van der Waals surface area contributed by atoms with Gasteiger partial charge in [-0.15, -0.1) is 0 Å². The predicted molar refractivity (Wildman–Crippen MR) is 72.4 cm³/mol. The zero-order chi connectivity index (χ0) is 13.4. The second kappa shape index (κ2) is 7.71. The molecule has 0 aliphatic carbocycles. The van der Waals surface area contributed by atoms with E-state index in [0.29, 0.717) is 13.2 Å². The maximum absolute atomic E-state index is 11.7. The van der Waals surface area contributed by atoms with Crippen LogP contribution in [0.5, 0.6) is 5.75 Å². The summed E-state index contributed by atoms with van der Waals surface area (Å²) >= 11 is 0. The van der Waals surface area contributed by atoms with Crippen LogP contribution in [0.25, 0.3) is 0 Å². The van der Waals surface area contributed by atoms with E-state index in [-0.39, 0.29) is 11.8 Å². The van der Waals surface area contributed by atoms with Crippen molar-refractivity contribution in [2.45, 2.75) is 26.3 Å². The normalized spacial score (nSPS) is 13.7. The highest BCUT2D eigenvalue weighted by atomic mass is 16.5. The van der Waals surface area contributed by atoms with Gasteiger partial charge in [0.05, 0.1) is 12.6 Å². The molecule has 1 aromatic rings. The molecule has 0 saturated carbocycles. The van der Waals surface area contributed by atoms with Gasteiger partial charge in [0, 0.05) is 0 Å². The van der Waals surface area contributed by atoms with E-state index in [1.54, 1.807) is 0 Å². The minimum Gasteiger partial charge on any atom is -0.492 e. The molecule has 4 heteroatoms. The molecule has 0 saturated heterocycles. The van der Waals surface area contributed by atoms with Gasteiger partial charge in [0.25, 0.3) is 0 Å². The Balaban J connectivity index is 2.20. The van der Waals surface area contributed by atoms with Crippen LogP contribution >= 0.6 is 0 Å². The van der Waals surface area contributed by atoms with Crippen molar-refractivity contribution >= 4 is 5.91 Å². The summed E-state index contributed by atoms with van der Waals surface area (Å²) in [6, 6.07) is 9.07. The lowest BCUT2D eigenvalue weighted by Gasteiger charge is -2.17. The number of carbonyl (C=O) groups is 1. The maximum atomic E-state index is 11.7. The van der Waals surface area contributed by atoms with Crippen molar-refractivity contribution in [3.05, 3.63) is 30.3 Å². The summed E-state index contributed by atoms with van der Waals surface area (Å²) in [6.07, 6.45) is 0.898. The standard InChI is InChI=1S/C14H22N2O2/c1-3-11(2)13(15)14(17)16-9-10-18-12-7-5-4-6-8-12/h4-8,11,13H,3,9-10,15H2,1-2H3,(H,16,17). The Kier molecular flexibility index (Phi) is 6.22. The van der Waals surface area contributed by atoms with E-state index >= 15 is 0 Å². The molecule has 0 spiro atoms. The van der Waals surface area contributed by atoms with E-state index in [1.165, 1.54) is 0 Å². The van der Waals surface area contributed by atoms with Crippen molar-refractivity contribution in [3.63, 3.8) is 0 Å². The van der Waals surface area contributed by atoms with Crippen molar-refractivity contribution < 1.29 is 9.53 Å². The van der Waals surface area contributed by atoms with E-state index in [1.807, 2.05) is 44.2 Å². The second-order valence-corrected chi connectivity index (χ2v) is 4.36. The van der Waals surface area contributed by atoms with Crippen LogP contribution in [0.4, 0.5) is 0 Å². The highest BCUT2D eigenvalue weighted by Crippen LogP contribution is 2.07. The molecule has 0 bridgehead atoms. The molecule has 0 aliphatic heterocycles. The van der Waals surface area contributed by atoms with Crippen LogP contribution in [-0.2, 0) is 4.79 Å². The molecule has 1 rings (SSSR count). The molecule has 100 valence electrons. The number of carbonyl (C=O) groups excluding carboxylic acids is 1. The SMILES string of the molecule is CCC(C)C(N)C(=O)NCCOc1ccccc1. The third kappa shape index (κ3) is 4.75. The molecule has 0 aliphatic rings. The van der Waals surface area contributed by atoms with Gasteiger partial charge in [-0.3, -0.25) is 4.79 Å². The number of nitrogens with two attached hydrogens (primary N) is 1. The number of rotatable bonds is 7. The van der Waals surface area contributed by atoms with E-state index < -0.39 is 6.04 Å². The Labute approximate surface area is 109 Å². The van der Waals surface area contributed by atoms with Gasteiger partial charge in [-0.05, 0) is 18.1 Å². The average Bonchev–Trinajstić information content (AvgIpc) is 2.42. The summed E-state index contributed by atoms with van der Waals surface area (Å²) < 4.78 is 5.47. The monoisotopic (exact) mass is 250 g/mol. The fourth-order valence-electron chi connectivity index (χ4n) is 1.49. The fourth-order valence-corrected chi connectivity index (χ4v) is 1.49. The topological polar surface area (TPSA) is 64.4 Å². The number of hydrogen-bond donors (Lipinski definition) is 2. The Morgan fingerprint density at radius 2 is 2.06 bits per heavy atom. The Hall–Kier alpha value is -1.55. The number of benzene rings is 1. The molecular weight excluding hydrogens is 228 g/mol. The zero-order valence-electron chi connectivity index (χ0n) is 11.1. The maximum Gasteiger partial charge on any atom is 0.237 e. The lowest BCUT2D eigenvalue weighted by Crippen LogP contribution is -2.45. The van der Waals surface area contributed by atoms with Gasteiger partial charge >= 0.3 is 0 Å². The minimum absolute atomic E-state index is 0.110. The molecule has 2 unspecified atom stereocenters. The molecule has 18 heavy (non-hydrogen) atoms. The molecule has 2 atom stereocenters. The number of para-hydroxylation sites is 1. The molecule has 0 heterocycles. The molecule has 1 amide bonds. The second-order valence-electron chi connectivity index (χ2n) is 4.36. The van der Waals surface area contributed by atoms with Gasteiger partial charge in [0.15, 0.2) is 0 Å². The Morgan fingerprint density at radius 3 is 2.67 bits per heavy atom. The summed E-state index contributed by atoms with van der Waals surface area (Å²) in [7, 11) is 0. The first-order valence-electron chi connectivity index (χ1n) is 6.36. The first-order valence-corrected chi connectivity index (χ1v) is 6.36. The smallest absolute Gasteiger partial charge is 0.237 e. The third-order valence-corrected chi connectivity index (χ3v) is 2.97. The molecule has 4 nitrogen and oxygen atoms in total. The fraction of sp³-hybridized carbons (Fsp3) is 0.500. The van der Waals surface area contributed by atoms with Crippen LogP contribution in [0.2, 0.25) is 0 Å². The van der Waals surface area contributed by atoms with Gasteiger partial charge in [0.1, 0.15) is 12.4 Å². The molecule has 1 aromatic carbocycles. The Bertz CT molecular complexity index is 354. The van der Waals surface area contributed by atoms with Crippen molar-refractivity contribution in [1.29, 1.82) is 0 Å². The summed E-state index contributed by atoms with van der Waals surface area (Å²) in [5, 5.41) is 2.78. The number of hydrogen-bond acceptors (Lipinski definition) is 3. The van der Waals surface area contributed by atoms with Gasteiger partial charge in [-0.1, -0.05) is 38.5 Å². The lowest BCUT2D eigenvalue weighted by molar-refractivity contribution is -0.123. The predicted octanol–water partition coefficient (Wildman–Crippen LogP) is 1.55. The van der Waals surface area contributed by atoms with Gasteiger partial charge in [-0.2, -0.15) is 0 Å². The first-order chi connectivity index (χ1) is 8.65. The van der Waals surface area contributed by atoms with Crippen LogP contribution < -0.4 is 15.8 Å². The van der Waals surface area contributed by atoms with Crippen LogP contribution in [-0.4, -0.2) is 25.1 Å². The van der Waals surface area contributed by atoms with Gasteiger partial charge < -0.3 is 15.8 Å². The molecule has 0 fully saturated rings. The largest absolute Gasteiger partial charge is 0.492 e.